The van der Waals surface area contributed by atoms with Gasteiger partial charge in [0, 0.05) is 25.4 Å². The molecule has 0 aliphatic carbocycles. The van der Waals surface area contributed by atoms with E-state index in [9.17, 15) is 13.6 Å². The second kappa shape index (κ2) is 7.78. The highest BCUT2D eigenvalue weighted by atomic mass is 35.5. The molecule has 1 atom stereocenters. The molecule has 7 nitrogen and oxygen atoms in total. The standard InChI is InChI=1S/C23H23ClF2N6O/c1-12-4-21-27-14(9-32(21)8-13(12)2)5-20-29-17-7-18(16(24)6-15(17)22(33)30-20)28-19-10-31(3)11-23(19,25)26/h4,6-9,19,28H,5,10-11H2,1-3H3,(H,29,30,33)/t19-/m0/s1. The van der Waals surface area contributed by atoms with Crippen molar-refractivity contribution in [2.45, 2.75) is 32.2 Å². The van der Waals surface area contributed by atoms with E-state index >= 15 is 0 Å². The Morgan fingerprint density at radius 2 is 2.00 bits per heavy atom. The minimum atomic E-state index is -2.89. The molecule has 2 N–H and O–H groups in total. The van der Waals surface area contributed by atoms with Gasteiger partial charge in [0.05, 0.1) is 33.9 Å². The van der Waals surface area contributed by atoms with Gasteiger partial charge in [0.15, 0.2) is 0 Å². The van der Waals surface area contributed by atoms with Gasteiger partial charge in [0.25, 0.3) is 11.5 Å². The highest BCUT2D eigenvalue weighted by Gasteiger charge is 2.47. The largest absolute Gasteiger partial charge is 0.374 e. The molecule has 0 saturated carbocycles. The number of imidazole rings is 1. The molecule has 1 aliphatic heterocycles. The smallest absolute Gasteiger partial charge is 0.281 e. The van der Waals surface area contributed by atoms with Crippen LogP contribution in [0.2, 0.25) is 5.02 Å². The lowest BCUT2D eigenvalue weighted by molar-refractivity contribution is 0.00606. The molecule has 0 amide bonds. The molecule has 0 unspecified atom stereocenters. The first kappa shape index (κ1) is 21.8. The summed E-state index contributed by atoms with van der Waals surface area (Å²) in [4.78, 5) is 26.2. The molecule has 10 heteroatoms. The van der Waals surface area contributed by atoms with Gasteiger partial charge in [-0.15, -0.1) is 0 Å². The van der Waals surface area contributed by atoms with E-state index in [1.165, 1.54) is 6.07 Å². The predicted octanol–water partition coefficient (Wildman–Crippen LogP) is 3.79. The molecule has 1 saturated heterocycles. The van der Waals surface area contributed by atoms with Gasteiger partial charge in [-0.05, 0) is 50.2 Å². The third kappa shape index (κ3) is 4.06. The van der Waals surface area contributed by atoms with Crippen molar-refractivity contribution in [3.8, 4) is 0 Å². The summed E-state index contributed by atoms with van der Waals surface area (Å²) < 4.78 is 30.5. The van der Waals surface area contributed by atoms with Gasteiger partial charge in [-0.3, -0.25) is 9.69 Å². The maximum atomic E-state index is 14.3. The Kier molecular flexibility index (Phi) is 5.13. The van der Waals surface area contributed by atoms with Crippen molar-refractivity contribution in [1.82, 2.24) is 24.3 Å². The van der Waals surface area contributed by atoms with Gasteiger partial charge < -0.3 is 14.7 Å². The Balaban J connectivity index is 1.48. The number of nitrogens with zero attached hydrogens (tertiary/aromatic N) is 4. The fourth-order valence-electron chi connectivity index (χ4n) is 4.27. The number of anilines is 1. The average molecular weight is 473 g/mol. The van der Waals surface area contributed by atoms with E-state index in [-0.39, 0.29) is 23.7 Å². The lowest BCUT2D eigenvalue weighted by Gasteiger charge is -2.21. The first-order valence-corrected chi connectivity index (χ1v) is 11.0. The lowest BCUT2D eigenvalue weighted by atomic mass is 10.1. The normalized spacial score (nSPS) is 18.4. The zero-order valence-corrected chi connectivity index (χ0v) is 19.2. The van der Waals surface area contributed by atoms with Gasteiger partial charge in [-0.2, -0.15) is 0 Å². The zero-order chi connectivity index (χ0) is 23.5. The Labute approximate surface area is 193 Å². The number of hydrogen-bond donors (Lipinski definition) is 2. The van der Waals surface area contributed by atoms with Crippen LogP contribution in [0.25, 0.3) is 16.6 Å². The first-order valence-electron chi connectivity index (χ1n) is 10.6. The Hall–Kier alpha value is -3.04. The van der Waals surface area contributed by atoms with E-state index < -0.39 is 12.0 Å². The molecule has 0 radical (unpaired) electrons. The van der Waals surface area contributed by atoms with E-state index in [2.05, 4.69) is 20.3 Å². The zero-order valence-electron chi connectivity index (χ0n) is 18.4. The number of rotatable bonds is 4. The molecule has 0 bridgehead atoms. The molecule has 172 valence electrons. The number of likely N-dealkylation sites (N-methyl/N-ethyl adjacent to an activating group) is 1. The fraction of sp³-hybridized carbons (Fsp3) is 0.348. The molecular formula is C23H23ClF2N6O. The first-order chi connectivity index (χ1) is 15.6. The van der Waals surface area contributed by atoms with Crippen LogP contribution in [-0.4, -0.2) is 56.4 Å². The Morgan fingerprint density at radius 1 is 1.21 bits per heavy atom. The van der Waals surface area contributed by atoms with Crippen molar-refractivity contribution in [2.24, 2.45) is 0 Å². The van der Waals surface area contributed by atoms with Gasteiger partial charge in [0.1, 0.15) is 17.5 Å². The number of halogens is 3. The van der Waals surface area contributed by atoms with Gasteiger partial charge in [-0.25, -0.2) is 18.7 Å². The summed E-state index contributed by atoms with van der Waals surface area (Å²) in [5, 5.41) is 3.34. The minimum Gasteiger partial charge on any atom is -0.374 e. The molecule has 4 heterocycles. The van der Waals surface area contributed by atoms with Crippen LogP contribution >= 0.6 is 11.6 Å². The van der Waals surface area contributed by atoms with E-state index in [1.807, 2.05) is 36.7 Å². The second-order valence-corrected chi connectivity index (χ2v) is 9.24. The van der Waals surface area contributed by atoms with Crippen LogP contribution in [0, 0.1) is 13.8 Å². The summed E-state index contributed by atoms with van der Waals surface area (Å²) in [6, 6.07) is 3.94. The maximum Gasteiger partial charge on any atom is 0.281 e. The summed E-state index contributed by atoms with van der Waals surface area (Å²) in [6.07, 6.45) is 4.23. The summed E-state index contributed by atoms with van der Waals surface area (Å²) in [5.74, 6) is -2.46. The van der Waals surface area contributed by atoms with Crippen molar-refractivity contribution in [3.05, 3.63) is 68.6 Å². The number of nitrogens with one attached hydrogen (secondary N) is 2. The van der Waals surface area contributed by atoms with Crippen molar-refractivity contribution in [2.75, 3.05) is 25.5 Å². The lowest BCUT2D eigenvalue weighted by Crippen LogP contribution is -2.38. The van der Waals surface area contributed by atoms with E-state index in [0.29, 0.717) is 28.8 Å². The van der Waals surface area contributed by atoms with Gasteiger partial charge in [-0.1, -0.05) is 11.6 Å². The number of hydrogen-bond acceptors (Lipinski definition) is 5. The van der Waals surface area contributed by atoms with Crippen LogP contribution in [0.1, 0.15) is 22.6 Å². The minimum absolute atomic E-state index is 0.183. The number of likely N-dealkylation sites (tertiary alicyclic amines) is 1. The molecule has 5 rings (SSSR count). The van der Waals surface area contributed by atoms with Crippen LogP contribution in [0.5, 0.6) is 0 Å². The molecule has 1 aliphatic rings. The number of benzene rings is 1. The highest BCUT2D eigenvalue weighted by molar-refractivity contribution is 6.34. The van der Waals surface area contributed by atoms with E-state index in [1.54, 1.807) is 18.0 Å². The van der Waals surface area contributed by atoms with Crippen molar-refractivity contribution in [1.29, 1.82) is 0 Å². The molecule has 1 aromatic carbocycles. The summed E-state index contributed by atoms with van der Waals surface area (Å²) in [6.45, 7) is 3.92. The highest BCUT2D eigenvalue weighted by Crippen LogP contribution is 2.33. The summed E-state index contributed by atoms with van der Waals surface area (Å²) in [7, 11) is 1.65. The summed E-state index contributed by atoms with van der Waals surface area (Å²) >= 11 is 6.31. The summed E-state index contributed by atoms with van der Waals surface area (Å²) in [5.41, 5.74) is 4.23. The quantitative estimate of drug-likeness (QED) is 0.472. The Bertz CT molecular complexity index is 1410. The number of pyridine rings is 1. The van der Waals surface area contributed by atoms with Crippen LogP contribution in [-0.2, 0) is 6.42 Å². The number of aromatic amines is 1. The molecular weight excluding hydrogens is 450 g/mol. The van der Waals surface area contributed by atoms with Crippen LogP contribution < -0.4 is 10.9 Å². The third-order valence-electron chi connectivity index (χ3n) is 6.12. The molecule has 1 fully saturated rings. The van der Waals surface area contributed by atoms with E-state index in [4.69, 9.17) is 11.6 Å². The number of alkyl halides is 2. The molecule has 33 heavy (non-hydrogen) atoms. The molecule has 4 aromatic rings. The number of aromatic nitrogens is 4. The van der Waals surface area contributed by atoms with Crippen LogP contribution in [0.15, 0.2) is 35.4 Å². The number of aryl methyl sites for hydroxylation is 2. The number of H-pyrrole nitrogens is 1. The molecule has 3 aromatic heterocycles. The second-order valence-electron chi connectivity index (χ2n) is 8.83. The number of fused-ring (bicyclic) bond motifs is 2. The maximum absolute atomic E-state index is 14.3. The monoisotopic (exact) mass is 472 g/mol. The van der Waals surface area contributed by atoms with Gasteiger partial charge in [0.2, 0.25) is 0 Å². The predicted molar refractivity (Wildman–Crippen MR) is 125 cm³/mol. The average Bonchev–Trinajstić information content (AvgIpc) is 3.21. The van der Waals surface area contributed by atoms with Crippen molar-refractivity contribution >= 4 is 33.8 Å². The van der Waals surface area contributed by atoms with E-state index in [0.717, 1.165) is 22.5 Å². The van der Waals surface area contributed by atoms with Crippen LogP contribution in [0.3, 0.4) is 0 Å². The third-order valence-corrected chi connectivity index (χ3v) is 6.43. The van der Waals surface area contributed by atoms with Crippen LogP contribution in [0.4, 0.5) is 14.5 Å². The van der Waals surface area contributed by atoms with Crippen molar-refractivity contribution < 1.29 is 8.78 Å². The van der Waals surface area contributed by atoms with Crippen molar-refractivity contribution in [3.63, 3.8) is 0 Å². The Morgan fingerprint density at radius 3 is 2.73 bits per heavy atom. The topological polar surface area (TPSA) is 78.3 Å². The van der Waals surface area contributed by atoms with Gasteiger partial charge >= 0.3 is 0 Å². The fourth-order valence-corrected chi connectivity index (χ4v) is 4.48. The SMILES string of the molecule is Cc1cc2nc(Cc3nc4cc(N[C@H]5CN(C)CC5(F)F)c(Cl)cc4c(=O)[nH]3)cn2cc1C. The molecule has 0 spiro atoms.